The molecule has 1 heterocycles. The van der Waals surface area contributed by atoms with E-state index in [1.807, 2.05) is 0 Å². The van der Waals surface area contributed by atoms with Gasteiger partial charge in [0.2, 0.25) is 0 Å². The van der Waals surface area contributed by atoms with Gasteiger partial charge >= 0.3 is 12.0 Å². The number of carbonyl (C=O) groups excluding carboxylic acids is 2. The van der Waals surface area contributed by atoms with Crippen LogP contribution in [-0.4, -0.2) is 38.4 Å². The van der Waals surface area contributed by atoms with Gasteiger partial charge in [-0.2, -0.15) is 0 Å². The van der Waals surface area contributed by atoms with Crippen LogP contribution < -0.4 is 10.6 Å². The molecular weight excluding hydrogens is 260 g/mol. The zero-order valence-corrected chi connectivity index (χ0v) is 11.3. The van der Waals surface area contributed by atoms with Gasteiger partial charge in [-0.05, 0) is 25.0 Å². The Hall–Kier alpha value is -2.08. The first-order valence-corrected chi connectivity index (χ1v) is 6.54. The van der Waals surface area contributed by atoms with Gasteiger partial charge in [0.1, 0.15) is 0 Å². The van der Waals surface area contributed by atoms with E-state index in [2.05, 4.69) is 15.4 Å². The Bertz CT molecular complexity index is 484. The zero-order chi connectivity index (χ0) is 14.4. The molecule has 0 unspecified atom stereocenters. The first-order valence-electron chi connectivity index (χ1n) is 6.54. The van der Waals surface area contributed by atoms with Crippen LogP contribution in [0.1, 0.15) is 23.2 Å². The van der Waals surface area contributed by atoms with Gasteiger partial charge in [0.05, 0.1) is 24.5 Å². The third kappa shape index (κ3) is 3.71. The van der Waals surface area contributed by atoms with Gasteiger partial charge < -0.3 is 20.1 Å². The van der Waals surface area contributed by atoms with Gasteiger partial charge in [-0.3, -0.25) is 0 Å². The number of benzene rings is 1. The largest absolute Gasteiger partial charge is 0.465 e. The smallest absolute Gasteiger partial charge is 0.339 e. The van der Waals surface area contributed by atoms with E-state index in [4.69, 9.17) is 4.74 Å². The average Bonchev–Trinajstić information content (AvgIpc) is 2.98. The number of urea groups is 1. The molecule has 1 aliphatic rings. The highest BCUT2D eigenvalue weighted by atomic mass is 16.5. The summed E-state index contributed by atoms with van der Waals surface area (Å²) >= 11 is 0. The molecule has 108 valence electrons. The van der Waals surface area contributed by atoms with Crippen LogP contribution in [-0.2, 0) is 9.47 Å². The van der Waals surface area contributed by atoms with E-state index < -0.39 is 5.97 Å². The third-order valence-electron chi connectivity index (χ3n) is 3.09. The molecule has 2 N–H and O–H groups in total. The van der Waals surface area contributed by atoms with Crippen molar-refractivity contribution in [2.24, 2.45) is 0 Å². The van der Waals surface area contributed by atoms with Crippen molar-refractivity contribution in [3.05, 3.63) is 29.8 Å². The Kier molecular flexibility index (Phi) is 4.95. The van der Waals surface area contributed by atoms with Crippen LogP contribution in [0.5, 0.6) is 0 Å². The topological polar surface area (TPSA) is 76.7 Å². The summed E-state index contributed by atoms with van der Waals surface area (Å²) in [5, 5.41) is 5.37. The van der Waals surface area contributed by atoms with Gasteiger partial charge in [0.15, 0.2) is 0 Å². The van der Waals surface area contributed by atoms with E-state index in [1.54, 1.807) is 24.3 Å². The molecule has 1 atom stereocenters. The molecule has 2 amide bonds. The fourth-order valence-corrected chi connectivity index (χ4v) is 2.06. The molecule has 2 rings (SSSR count). The van der Waals surface area contributed by atoms with Crippen LogP contribution in [0, 0.1) is 0 Å². The van der Waals surface area contributed by atoms with Crippen molar-refractivity contribution in [3.63, 3.8) is 0 Å². The van der Waals surface area contributed by atoms with E-state index in [0.29, 0.717) is 17.8 Å². The van der Waals surface area contributed by atoms with Gasteiger partial charge in [-0.1, -0.05) is 12.1 Å². The van der Waals surface area contributed by atoms with Crippen LogP contribution >= 0.6 is 0 Å². The molecule has 1 aromatic rings. The number of ether oxygens (including phenoxy) is 2. The SMILES string of the molecule is COC(=O)c1ccccc1NC(=O)NC[C@@H]1CCCO1. The Labute approximate surface area is 117 Å². The summed E-state index contributed by atoms with van der Waals surface area (Å²) in [4.78, 5) is 23.4. The van der Waals surface area contributed by atoms with Crippen molar-refractivity contribution in [1.29, 1.82) is 0 Å². The predicted molar refractivity (Wildman–Crippen MR) is 73.8 cm³/mol. The lowest BCUT2D eigenvalue weighted by molar-refractivity contribution is 0.0602. The fourth-order valence-electron chi connectivity index (χ4n) is 2.06. The zero-order valence-electron chi connectivity index (χ0n) is 11.3. The van der Waals surface area contributed by atoms with Crippen molar-refractivity contribution in [2.45, 2.75) is 18.9 Å². The van der Waals surface area contributed by atoms with Crippen molar-refractivity contribution < 1.29 is 19.1 Å². The second-order valence-electron chi connectivity index (χ2n) is 4.51. The summed E-state index contributed by atoms with van der Waals surface area (Å²) in [5.41, 5.74) is 0.742. The van der Waals surface area contributed by atoms with Crippen LogP contribution in [0.3, 0.4) is 0 Å². The van der Waals surface area contributed by atoms with Crippen molar-refractivity contribution in [1.82, 2.24) is 5.32 Å². The van der Waals surface area contributed by atoms with Gasteiger partial charge in [0, 0.05) is 13.2 Å². The Morgan fingerprint density at radius 1 is 1.40 bits per heavy atom. The van der Waals surface area contributed by atoms with Gasteiger partial charge in [0.25, 0.3) is 0 Å². The van der Waals surface area contributed by atoms with Gasteiger partial charge in [-0.15, -0.1) is 0 Å². The van der Waals surface area contributed by atoms with Crippen molar-refractivity contribution in [3.8, 4) is 0 Å². The molecule has 0 spiro atoms. The van der Waals surface area contributed by atoms with Crippen molar-refractivity contribution >= 4 is 17.7 Å². The minimum atomic E-state index is -0.486. The number of methoxy groups -OCH3 is 1. The molecule has 0 saturated carbocycles. The minimum Gasteiger partial charge on any atom is -0.465 e. The summed E-state index contributed by atoms with van der Waals surface area (Å²) < 4.78 is 10.1. The second kappa shape index (κ2) is 6.91. The van der Waals surface area contributed by atoms with Crippen LogP contribution in [0.4, 0.5) is 10.5 Å². The lowest BCUT2D eigenvalue weighted by Crippen LogP contribution is -2.35. The third-order valence-corrected chi connectivity index (χ3v) is 3.09. The maximum absolute atomic E-state index is 11.8. The molecule has 0 radical (unpaired) electrons. The predicted octanol–water partition coefficient (Wildman–Crippen LogP) is 1.77. The molecule has 1 aromatic carbocycles. The fraction of sp³-hybridized carbons (Fsp3) is 0.429. The summed E-state index contributed by atoms with van der Waals surface area (Å²) in [5.74, 6) is -0.486. The molecule has 0 bridgehead atoms. The highest BCUT2D eigenvalue weighted by Gasteiger charge is 2.17. The number of anilines is 1. The monoisotopic (exact) mass is 278 g/mol. The molecule has 0 aliphatic carbocycles. The Morgan fingerprint density at radius 3 is 2.90 bits per heavy atom. The van der Waals surface area contributed by atoms with Crippen LogP contribution in [0.25, 0.3) is 0 Å². The van der Waals surface area contributed by atoms with E-state index in [1.165, 1.54) is 7.11 Å². The van der Waals surface area contributed by atoms with Gasteiger partial charge in [-0.25, -0.2) is 9.59 Å². The highest BCUT2D eigenvalue weighted by molar-refractivity contribution is 6.00. The first-order chi connectivity index (χ1) is 9.70. The molecule has 1 fully saturated rings. The van der Waals surface area contributed by atoms with E-state index in [0.717, 1.165) is 19.4 Å². The number of amides is 2. The number of hydrogen-bond acceptors (Lipinski definition) is 4. The highest BCUT2D eigenvalue weighted by Crippen LogP contribution is 2.16. The molecule has 6 nitrogen and oxygen atoms in total. The Balaban J connectivity index is 1.91. The molecular formula is C14H18N2O4. The van der Waals surface area contributed by atoms with E-state index in [-0.39, 0.29) is 12.1 Å². The summed E-state index contributed by atoms with van der Waals surface area (Å²) in [6, 6.07) is 6.33. The van der Waals surface area contributed by atoms with Crippen molar-refractivity contribution in [2.75, 3.05) is 25.6 Å². The van der Waals surface area contributed by atoms with Crippen LogP contribution in [0.15, 0.2) is 24.3 Å². The maximum Gasteiger partial charge on any atom is 0.339 e. The van der Waals surface area contributed by atoms with E-state index >= 15 is 0 Å². The minimum absolute atomic E-state index is 0.0802. The second-order valence-corrected chi connectivity index (χ2v) is 4.51. The van der Waals surface area contributed by atoms with E-state index in [9.17, 15) is 9.59 Å². The first kappa shape index (κ1) is 14.3. The standard InChI is InChI=1S/C14H18N2O4/c1-19-13(17)11-6-2-3-7-12(11)16-14(18)15-9-10-5-4-8-20-10/h2-3,6-7,10H,4-5,8-9H2,1H3,(H2,15,16,18)/t10-/m0/s1. The number of rotatable bonds is 4. The number of esters is 1. The lowest BCUT2D eigenvalue weighted by Gasteiger charge is -2.13. The maximum atomic E-state index is 11.8. The molecule has 6 heteroatoms. The van der Waals surface area contributed by atoms with Crippen LogP contribution in [0.2, 0.25) is 0 Å². The molecule has 0 aromatic heterocycles. The summed E-state index contributed by atoms with van der Waals surface area (Å²) in [7, 11) is 1.30. The lowest BCUT2D eigenvalue weighted by atomic mass is 10.2. The molecule has 20 heavy (non-hydrogen) atoms. The summed E-state index contributed by atoms with van der Waals surface area (Å²) in [6.07, 6.45) is 2.06. The normalized spacial score (nSPS) is 17.6. The average molecular weight is 278 g/mol. The number of nitrogens with one attached hydrogen (secondary N) is 2. The number of carbonyl (C=O) groups is 2. The molecule has 1 saturated heterocycles. The molecule has 1 aliphatic heterocycles. The number of para-hydroxylation sites is 1. The Morgan fingerprint density at radius 2 is 2.20 bits per heavy atom. The quantitative estimate of drug-likeness (QED) is 0.823. The number of hydrogen-bond donors (Lipinski definition) is 2. The summed E-state index contributed by atoms with van der Waals surface area (Å²) in [6.45, 7) is 1.21.